The van der Waals surface area contributed by atoms with E-state index in [1.165, 1.54) is 6.07 Å². The summed E-state index contributed by atoms with van der Waals surface area (Å²) in [5.41, 5.74) is 0.838. The zero-order chi connectivity index (χ0) is 15.7. The maximum Gasteiger partial charge on any atom is 0.347 e. The Balaban J connectivity index is 2.76. The molecule has 0 aromatic heterocycles. The normalized spacial score (nSPS) is 12.0. The molecular formula is C16H24FNO3. The van der Waals surface area contributed by atoms with Crippen LogP contribution in [-0.2, 0) is 16.1 Å². The van der Waals surface area contributed by atoms with Gasteiger partial charge in [0.1, 0.15) is 0 Å². The molecule has 21 heavy (non-hydrogen) atoms. The summed E-state index contributed by atoms with van der Waals surface area (Å²) in [4.78, 5) is 11.8. The van der Waals surface area contributed by atoms with Crippen LogP contribution in [0.1, 0.15) is 39.2 Å². The second kappa shape index (κ2) is 9.34. The number of rotatable bonds is 9. The van der Waals surface area contributed by atoms with E-state index in [1.807, 2.05) is 13.8 Å². The standard InChI is InChI=1S/C16H24FNO3/c1-4-7-15(16(19)20-6-3)21-14-9-8-12(10-13(14)17)11-18-5-2/h8-10,15,18H,4-7,11H2,1-3H3. The van der Waals surface area contributed by atoms with Crippen LogP contribution in [0.4, 0.5) is 4.39 Å². The molecule has 1 unspecified atom stereocenters. The molecule has 5 heteroatoms. The Morgan fingerprint density at radius 3 is 2.67 bits per heavy atom. The number of carbonyl (C=O) groups excluding carboxylic acids is 1. The summed E-state index contributed by atoms with van der Waals surface area (Å²) in [6.45, 7) is 7.36. The quantitative estimate of drug-likeness (QED) is 0.712. The topological polar surface area (TPSA) is 47.6 Å². The molecule has 1 aromatic carbocycles. The third-order valence-electron chi connectivity index (χ3n) is 2.94. The molecule has 0 heterocycles. The van der Waals surface area contributed by atoms with Crippen molar-refractivity contribution in [3.8, 4) is 5.75 Å². The number of hydrogen-bond acceptors (Lipinski definition) is 4. The van der Waals surface area contributed by atoms with E-state index in [9.17, 15) is 9.18 Å². The second-order valence-corrected chi connectivity index (χ2v) is 4.69. The Morgan fingerprint density at radius 1 is 1.33 bits per heavy atom. The molecule has 0 amide bonds. The van der Waals surface area contributed by atoms with Crippen molar-refractivity contribution in [1.82, 2.24) is 5.32 Å². The van der Waals surface area contributed by atoms with E-state index in [4.69, 9.17) is 9.47 Å². The van der Waals surface area contributed by atoms with Crippen molar-refractivity contribution in [2.45, 2.75) is 46.3 Å². The average Bonchev–Trinajstić information content (AvgIpc) is 2.47. The third kappa shape index (κ3) is 5.71. The lowest BCUT2D eigenvalue weighted by molar-refractivity contribution is -0.151. The first-order valence-electron chi connectivity index (χ1n) is 7.44. The van der Waals surface area contributed by atoms with Crippen LogP contribution >= 0.6 is 0 Å². The fourth-order valence-electron chi connectivity index (χ4n) is 1.89. The highest BCUT2D eigenvalue weighted by Crippen LogP contribution is 2.21. The summed E-state index contributed by atoms with van der Waals surface area (Å²) in [5, 5.41) is 3.13. The van der Waals surface area contributed by atoms with Crippen molar-refractivity contribution in [3.05, 3.63) is 29.6 Å². The van der Waals surface area contributed by atoms with Gasteiger partial charge in [0.25, 0.3) is 0 Å². The van der Waals surface area contributed by atoms with E-state index in [0.717, 1.165) is 18.5 Å². The second-order valence-electron chi connectivity index (χ2n) is 4.69. The van der Waals surface area contributed by atoms with Gasteiger partial charge in [-0.25, -0.2) is 9.18 Å². The summed E-state index contributed by atoms with van der Waals surface area (Å²) in [6.07, 6.45) is 0.491. The lowest BCUT2D eigenvalue weighted by atomic mass is 10.2. The maximum absolute atomic E-state index is 14.0. The van der Waals surface area contributed by atoms with E-state index in [1.54, 1.807) is 19.1 Å². The Kier molecular flexibility index (Phi) is 7.75. The number of esters is 1. The van der Waals surface area contributed by atoms with Gasteiger partial charge in [-0.05, 0) is 37.6 Å². The Hall–Kier alpha value is -1.62. The summed E-state index contributed by atoms with van der Waals surface area (Å²) < 4.78 is 24.5. The molecule has 0 saturated carbocycles. The summed E-state index contributed by atoms with van der Waals surface area (Å²) in [7, 11) is 0. The van der Waals surface area contributed by atoms with Crippen LogP contribution in [0, 0.1) is 5.82 Å². The highest BCUT2D eigenvalue weighted by Gasteiger charge is 2.22. The largest absolute Gasteiger partial charge is 0.476 e. The van der Waals surface area contributed by atoms with E-state index in [2.05, 4.69) is 5.32 Å². The molecule has 0 radical (unpaired) electrons. The van der Waals surface area contributed by atoms with E-state index >= 15 is 0 Å². The first kappa shape index (κ1) is 17.4. The minimum atomic E-state index is -0.760. The molecule has 4 nitrogen and oxygen atoms in total. The average molecular weight is 297 g/mol. The molecule has 0 bridgehead atoms. The Labute approximate surface area is 125 Å². The predicted octanol–water partition coefficient (Wildman–Crippen LogP) is 3.05. The fraction of sp³-hybridized carbons (Fsp3) is 0.562. The molecule has 1 atom stereocenters. The SMILES string of the molecule is CCCC(Oc1ccc(CNCC)cc1F)C(=O)OCC. The van der Waals surface area contributed by atoms with Crippen LogP contribution in [0.15, 0.2) is 18.2 Å². The lowest BCUT2D eigenvalue weighted by Crippen LogP contribution is -2.29. The van der Waals surface area contributed by atoms with Gasteiger partial charge in [0.2, 0.25) is 0 Å². The zero-order valence-corrected chi connectivity index (χ0v) is 12.9. The predicted molar refractivity (Wildman–Crippen MR) is 79.7 cm³/mol. The number of halogens is 1. The molecule has 118 valence electrons. The monoisotopic (exact) mass is 297 g/mol. The molecule has 0 saturated heterocycles. The Morgan fingerprint density at radius 2 is 2.10 bits per heavy atom. The van der Waals surface area contributed by atoms with Crippen LogP contribution in [0.25, 0.3) is 0 Å². The van der Waals surface area contributed by atoms with Crippen molar-refractivity contribution in [2.75, 3.05) is 13.2 Å². The lowest BCUT2D eigenvalue weighted by Gasteiger charge is -2.17. The molecular weight excluding hydrogens is 273 g/mol. The van der Waals surface area contributed by atoms with Crippen LogP contribution in [0.3, 0.4) is 0 Å². The molecule has 0 fully saturated rings. The van der Waals surface area contributed by atoms with E-state index < -0.39 is 17.9 Å². The van der Waals surface area contributed by atoms with Gasteiger partial charge >= 0.3 is 5.97 Å². The van der Waals surface area contributed by atoms with Gasteiger partial charge in [0.15, 0.2) is 17.7 Å². The number of hydrogen-bond donors (Lipinski definition) is 1. The highest BCUT2D eigenvalue weighted by atomic mass is 19.1. The smallest absolute Gasteiger partial charge is 0.347 e. The van der Waals surface area contributed by atoms with Crippen LogP contribution in [0.5, 0.6) is 5.75 Å². The van der Waals surface area contributed by atoms with Crippen molar-refractivity contribution in [1.29, 1.82) is 0 Å². The van der Waals surface area contributed by atoms with E-state index in [0.29, 0.717) is 13.0 Å². The molecule has 0 aliphatic carbocycles. The molecule has 1 N–H and O–H groups in total. The van der Waals surface area contributed by atoms with E-state index in [-0.39, 0.29) is 12.4 Å². The zero-order valence-electron chi connectivity index (χ0n) is 12.9. The molecule has 0 aliphatic rings. The van der Waals surface area contributed by atoms with Crippen LogP contribution in [-0.4, -0.2) is 25.2 Å². The minimum absolute atomic E-state index is 0.0850. The maximum atomic E-state index is 14.0. The highest BCUT2D eigenvalue weighted by molar-refractivity contribution is 5.75. The van der Waals surface area contributed by atoms with Gasteiger partial charge in [-0.1, -0.05) is 26.3 Å². The van der Waals surface area contributed by atoms with Gasteiger partial charge in [0.05, 0.1) is 6.61 Å². The molecule has 0 aliphatic heterocycles. The van der Waals surface area contributed by atoms with Gasteiger partial charge in [0, 0.05) is 6.54 Å². The van der Waals surface area contributed by atoms with Crippen molar-refractivity contribution >= 4 is 5.97 Å². The molecule has 1 rings (SSSR count). The number of nitrogens with one attached hydrogen (secondary N) is 1. The van der Waals surface area contributed by atoms with Crippen molar-refractivity contribution in [3.63, 3.8) is 0 Å². The Bertz CT molecular complexity index is 451. The molecule has 0 spiro atoms. The first-order valence-corrected chi connectivity index (χ1v) is 7.44. The number of carbonyl (C=O) groups is 1. The van der Waals surface area contributed by atoms with Crippen molar-refractivity contribution in [2.24, 2.45) is 0 Å². The van der Waals surface area contributed by atoms with Gasteiger partial charge in [-0.15, -0.1) is 0 Å². The third-order valence-corrected chi connectivity index (χ3v) is 2.94. The number of ether oxygens (including phenoxy) is 2. The van der Waals surface area contributed by atoms with Gasteiger partial charge in [-0.3, -0.25) is 0 Å². The van der Waals surface area contributed by atoms with Crippen LogP contribution < -0.4 is 10.1 Å². The summed E-state index contributed by atoms with van der Waals surface area (Å²) in [5.74, 6) is -0.826. The fourth-order valence-corrected chi connectivity index (χ4v) is 1.89. The van der Waals surface area contributed by atoms with Gasteiger partial charge < -0.3 is 14.8 Å². The van der Waals surface area contributed by atoms with Crippen LogP contribution in [0.2, 0.25) is 0 Å². The molecule has 1 aromatic rings. The summed E-state index contributed by atoms with van der Waals surface area (Å²) >= 11 is 0. The first-order chi connectivity index (χ1) is 10.1. The number of benzene rings is 1. The van der Waals surface area contributed by atoms with Gasteiger partial charge in [-0.2, -0.15) is 0 Å². The minimum Gasteiger partial charge on any atom is -0.476 e. The van der Waals surface area contributed by atoms with Crippen molar-refractivity contribution < 1.29 is 18.7 Å². The summed E-state index contributed by atoms with van der Waals surface area (Å²) in [6, 6.07) is 4.77.